The molecule has 0 heterocycles. The molecule has 0 aliphatic heterocycles. The minimum atomic E-state index is 0.142. The quantitative estimate of drug-likeness (QED) is 0.786. The Hall–Kier alpha value is -0.730. The van der Waals surface area contributed by atoms with E-state index < -0.39 is 0 Å². The second-order valence-electron chi connectivity index (χ2n) is 3.19. The highest BCUT2D eigenvalue weighted by atomic mass is 35.5. The van der Waals surface area contributed by atoms with Crippen molar-refractivity contribution in [2.24, 2.45) is 5.73 Å². The maximum absolute atomic E-state index is 9.35. The average molecular weight is 200 g/mol. The van der Waals surface area contributed by atoms with Gasteiger partial charge in [-0.1, -0.05) is 24.6 Å². The van der Waals surface area contributed by atoms with E-state index >= 15 is 0 Å². The Balaban J connectivity index is 2.84. The fraction of sp³-hybridized carbons (Fsp3) is 0.400. The molecule has 1 unspecified atom stereocenters. The Bertz CT molecular complexity index is 288. The van der Waals surface area contributed by atoms with Crippen LogP contribution in [0, 0.1) is 0 Å². The van der Waals surface area contributed by atoms with Crippen molar-refractivity contribution in [3.63, 3.8) is 0 Å². The van der Waals surface area contributed by atoms with Crippen LogP contribution in [0.3, 0.4) is 0 Å². The van der Waals surface area contributed by atoms with Crippen molar-refractivity contribution >= 4 is 11.6 Å². The Labute approximate surface area is 83.3 Å². The van der Waals surface area contributed by atoms with Gasteiger partial charge in [0.25, 0.3) is 0 Å². The standard InChI is InChI=1S/C10H14ClNO/c1-7(4-5-12)8-2-3-9(11)10(13)6-8/h2-3,6-7,13H,4-5,12H2,1H3. The highest BCUT2D eigenvalue weighted by Gasteiger charge is 2.06. The number of benzene rings is 1. The summed E-state index contributed by atoms with van der Waals surface area (Å²) in [5, 5.41) is 9.75. The van der Waals surface area contributed by atoms with E-state index in [1.54, 1.807) is 12.1 Å². The molecule has 1 aromatic rings. The topological polar surface area (TPSA) is 46.2 Å². The van der Waals surface area contributed by atoms with Gasteiger partial charge in [-0.15, -0.1) is 0 Å². The second kappa shape index (κ2) is 4.49. The number of halogens is 1. The number of aromatic hydroxyl groups is 1. The summed E-state index contributed by atoms with van der Waals surface area (Å²) in [4.78, 5) is 0. The Morgan fingerprint density at radius 1 is 1.54 bits per heavy atom. The molecule has 3 N–H and O–H groups in total. The molecule has 0 aliphatic rings. The third-order valence-corrected chi connectivity index (χ3v) is 2.46. The molecule has 0 saturated heterocycles. The van der Waals surface area contributed by atoms with Crippen LogP contribution in [0.4, 0.5) is 0 Å². The fourth-order valence-electron chi connectivity index (χ4n) is 1.25. The first-order valence-corrected chi connectivity index (χ1v) is 4.71. The van der Waals surface area contributed by atoms with Gasteiger partial charge >= 0.3 is 0 Å². The monoisotopic (exact) mass is 199 g/mol. The summed E-state index contributed by atoms with van der Waals surface area (Å²) in [5.74, 6) is 0.510. The van der Waals surface area contributed by atoms with E-state index in [4.69, 9.17) is 17.3 Å². The molecule has 13 heavy (non-hydrogen) atoms. The summed E-state index contributed by atoms with van der Waals surface area (Å²) in [6.45, 7) is 2.74. The minimum Gasteiger partial charge on any atom is -0.506 e. The highest BCUT2D eigenvalue weighted by molar-refractivity contribution is 6.32. The number of phenols is 1. The molecule has 0 bridgehead atoms. The van der Waals surface area contributed by atoms with Gasteiger partial charge in [0, 0.05) is 0 Å². The summed E-state index contributed by atoms with van der Waals surface area (Å²) in [6, 6.07) is 5.32. The molecule has 1 rings (SSSR count). The molecule has 1 aromatic carbocycles. The minimum absolute atomic E-state index is 0.142. The van der Waals surface area contributed by atoms with E-state index in [1.165, 1.54) is 0 Å². The lowest BCUT2D eigenvalue weighted by Crippen LogP contribution is -2.04. The summed E-state index contributed by atoms with van der Waals surface area (Å²) < 4.78 is 0. The van der Waals surface area contributed by atoms with Crippen molar-refractivity contribution in [3.8, 4) is 5.75 Å². The van der Waals surface area contributed by atoms with Crippen molar-refractivity contribution in [1.82, 2.24) is 0 Å². The number of hydrogen-bond acceptors (Lipinski definition) is 2. The molecule has 0 saturated carbocycles. The van der Waals surface area contributed by atoms with E-state index in [-0.39, 0.29) is 5.75 Å². The molecule has 1 atom stereocenters. The molecule has 0 aromatic heterocycles. The Morgan fingerprint density at radius 2 is 2.23 bits per heavy atom. The van der Waals surface area contributed by atoms with Crippen LogP contribution in [0.15, 0.2) is 18.2 Å². The van der Waals surface area contributed by atoms with Crippen molar-refractivity contribution < 1.29 is 5.11 Å². The zero-order valence-corrected chi connectivity index (χ0v) is 8.38. The maximum Gasteiger partial charge on any atom is 0.134 e. The van der Waals surface area contributed by atoms with Gasteiger partial charge in [0.1, 0.15) is 5.75 Å². The van der Waals surface area contributed by atoms with Gasteiger partial charge in [-0.25, -0.2) is 0 Å². The van der Waals surface area contributed by atoms with Crippen LogP contribution < -0.4 is 5.73 Å². The summed E-state index contributed by atoms with van der Waals surface area (Å²) in [6.07, 6.45) is 0.918. The molecular weight excluding hydrogens is 186 g/mol. The lowest BCUT2D eigenvalue weighted by Gasteiger charge is -2.10. The lowest BCUT2D eigenvalue weighted by atomic mass is 9.98. The first-order valence-electron chi connectivity index (χ1n) is 4.33. The zero-order valence-electron chi connectivity index (χ0n) is 7.63. The van der Waals surface area contributed by atoms with Gasteiger partial charge in [0.15, 0.2) is 0 Å². The van der Waals surface area contributed by atoms with Gasteiger partial charge in [0.2, 0.25) is 0 Å². The van der Waals surface area contributed by atoms with E-state index in [1.807, 2.05) is 6.07 Å². The molecule has 0 aliphatic carbocycles. The molecule has 0 fully saturated rings. The van der Waals surface area contributed by atoms with Crippen LogP contribution in [-0.2, 0) is 0 Å². The Kier molecular flexibility index (Phi) is 3.58. The summed E-state index contributed by atoms with van der Waals surface area (Å²) >= 11 is 5.69. The number of hydrogen-bond donors (Lipinski definition) is 2. The van der Waals surface area contributed by atoms with E-state index in [9.17, 15) is 5.11 Å². The molecule has 3 heteroatoms. The smallest absolute Gasteiger partial charge is 0.134 e. The van der Waals surface area contributed by atoms with Crippen LogP contribution in [0.2, 0.25) is 5.02 Å². The van der Waals surface area contributed by atoms with Gasteiger partial charge in [-0.3, -0.25) is 0 Å². The first-order chi connectivity index (χ1) is 6.15. The normalized spacial score (nSPS) is 12.8. The third-order valence-electron chi connectivity index (χ3n) is 2.14. The van der Waals surface area contributed by atoms with E-state index in [0.29, 0.717) is 17.5 Å². The van der Waals surface area contributed by atoms with Crippen molar-refractivity contribution in [1.29, 1.82) is 0 Å². The fourth-order valence-corrected chi connectivity index (χ4v) is 1.37. The average Bonchev–Trinajstić information content (AvgIpc) is 2.10. The maximum atomic E-state index is 9.35. The summed E-state index contributed by atoms with van der Waals surface area (Å²) in [7, 11) is 0. The predicted octanol–water partition coefficient (Wildman–Crippen LogP) is 2.50. The van der Waals surface area contributed by atoms with Crippen LogP contribution in [0.5, 0.6) is 5.75 Å². The van der Waals surface area contributed by atoms with Crippen molar-refractivity contribution in [3.05, 3.63) is 28.8 Å². The zero-order chi connectivity index (χ0) is 9.84. The van der Waals surface area contributed by atoms with Crippen molar-refractivity contribution in [2.75, 3.05) is 6.54 Å². The molecule has 0 spiro atoms. The van der Waals surface area contributed by atoms with Crippen LogP contribution >= 0.6 is 11.6 Å². The number of rotatable bonds is 3. The molecule has 0 radical (unpaired) electrons. The summed E-state index contributed by atoms with van der Waals surface area (Å²) in [5.41, 5.74) is 6.52. The molecule has 0 amide bonds. The van der Waals surface area contributed by atoms with Crippen LogP contribution in [0.25, 0.3) is 0 Å². The van der Waals surface area contributed by atoms with Gasteiger partial charge in [0.05, 0.1) is 5.02 Å². The van der Waals surface area contributed by atoms with Crippen LogP contribution in [0.1, 0.15) is 24.8 Å². The molecule has 2 nitrogen and oxygen atoms in total. The SMILES string of the molecule is CC(CCN)c1ccc(Cl)c(O)c1. The molecule has 72 valence electrons. The first kappa shape index (κ1) is 10.4. The van der Waals surface area contributed by atoms with E-state index in [0.717, 1.165) is 12.0 Å². The van der Waals surface area contributed by atoms with Gasteiger partial charge in [-0.2, -0.15) is 0 Å². The van der Waals surface area contributed by atoms with Crippen LogP contribution in [-0.4, -0.2) is 11.7 Å². The van der Waals surface area contributed by atoms with Gasteiger partial charge in [-0.05, 0) is 36.6 Å². The largest absolute Gasteiger partial charge is 0.506 e. The predicted molar refractivity (Wildman–Crippen MR) is 55.2 cm³/mol. The second-order valence-corrected chi connectivity index (χ2v) is 3.60. The van der Waals surface area contributed by atoms with E-state index in [2.05, 4.69) is 6.92 Å². The van der Waals surface area contributed by atoms with Gasteiger partial charge < -0.3 is 10.8 Å². The van der Waals surface area contributed by atoms with Crippen molar-refractivity contribution in [2.45, 2.75) is 19.3 Å². The molecular formula is C10H14ClNO. The third kappa shape index (κ3) is 2.61. The number of phenolic OH excluding ortho intramolecular Hbond substituents is 1. The lowest BCUT2D eigenvalue weighted by molar-refractivity contribution is 0.474. The number of nitrogens with two attached hydrogens (primary N) is 1. The highest BCUT2D eigenvalue weighted by Crippen LogP contribution is 2.28. The Morgan fingerprint density at radius 3 is 2.77 bits per heavy atom.